The minimum atomic E-state index is 0.129. The molecule has 4 heteroatoms. The van der Waals surface area contributed by atoms with E-state index in [9.17, 15) is 4.79 Å². The van der Waals surface area contributed by atoms with E-state index in [2.05, 4.69) is 28.2 Å². The summed E-state index contributed by atoms with van der Waals surface area (Å²) in [6.07, 6.45) is 4.94. The second-order valence-corrected chi connectivity index (χ2v) is 4.93. The molecule has 0 saturated carbocycles. The van der Waals surface area contributed by atoms with E-state index in [1.807, 2.05) is 0 Å². The molecule has 1 saturated heterocycles. The number of halogens is 1. The molecule has 1 heterocycles. The SMILES string of the molecule is CC(CCCBr)NC(=O)CC1CCCO1. The first-order valence-corrected chi connectivity index (χ1v) is 6.81. The average Bonchev–Trinajstić information content (AvgIpc) is 2.67. The molecule has 0 aromatic rings. The summed E-state index contributed by atoms with van der Waals surface area (Å²) in [4.78, 5) is 11.6. The quantitative estimate of drug-likeness (QED) is 0.757. The lowest BCUT2D eigenvalue weighted by molar-refractivity contribution is -0.123. The number of hydrogen-bond acceptors (Lipinski definition) is 2. The summed E-state index contributed by atoms with van der Waals surface area (Å²) in [5.41, 5.74) is 0. The summed E-state index contributed by atoms with van der Waals surface area (Å²) < 4.78 is 5.42. The van der Waals surface area contributed by atoms with Crippen LogP contribution in [0.15, 0.2) is 0 Å². The monoisotopic (exact) mass is 277 g/mol. The van der Waals surface area contributed by atoms with Crippen LogP contribution in [0.4, 0.5) is 0 Å². The molecule has 3 nitrogen and oxygen atoms in total. The van der Waals surface area contributed by atoms with Crippen molar-refractivity contribution in [2.24, 2.45) is 0 Å². The van der Waals surface area contributed by atoms with Crippen LogP contribution >= 0.6 is 15.9 Å². The van der Waals surface area contributed by atoms with Gasteiger partial charge in [-0.25, -0.2) is 0 Å². The molecule has 0 aliphatic carbocycles. The molecular weight excluding hydrogens is 258 g/mol. The topological polar surface area (TPSA) is 38.3 Å². The van der Waals surface area contributed by atoms with Crippen molar-refractivity contribution < 1.29 is 9.53 Å². The van der Waals surface area contributed by atoms with E-state index in [4.69, 9.17) is 4.74 Å². The highest BCUT2D eigenvalue weighted by atomic mass is 79.9. The van der Waals surface area contributed by atoms with Crippen LogP contribution in [0.2, 0.25) is 0 Å². The Bertz CT molecular complexity index is 193. The Hall–Kier alpha value is -0.0900. The van der Waals surface area contributed by atoms with Crippen molar-refractivity contribution in [3.63, 3.8) is 0 Å². The molecule has 1 amide bonds. The molecule has 0 aromatic carbocycles. The maximum absolute atomic E-state index is 11.6. The predicted molar refractivity (Wildman–Crippen MR) is 64.2 cm³/mol. The molecule has 0 aromatic heterocycles. The lowest BCUT2D eigenvalue weighted by atomic mass is 10.1. The largest absolute Gasteiger partial charge is 0.378 e. The highest BCUT2D eigenvalue weighted by Gasteiger charge is 2.19. The van der Waals surface area contributed by atoms with E-state index < -0.39 is 0 Å². The van der Waals surface area contributed by atoms with Gasteiger partial charge in [0.2, 0.25) is 5.91 Å². The van der Waals surface area contributed by atoms with Crippen LogP contribution in [0.1, 0.15) is 39.0 Å². The summed E-state index contributed by atoms with van der Waals surface area (Å²) in [5.74, 6) is 0.129. The van der Waals surface area contributed by atoms with Gasteiger partial charge in [-0.1, -0.05) is 15.9 Å². The van der Waals surface area contributed by atoms with Crippen molar-refractivity contribution in [2.75, 3.05) is 11.9 Å². The number of carbonyl (C=O) groups excluding carboxylic acids is 1. The molecule has 88 valence electrons. The zero-order valence-corrected chi connectivity index (χ0v) is 10.9. The minimum Gasteiger partial charge on any atom is -0.378 e. The molecule has 0 spiro atoms. The van der Waals surface area contributed by atoms with E-state index in [1.165, 1.54) is 0 Å². The number of hydrogen-bond donors (Lipinski definition) is 1. The van der Waals surface area contributed by atoms with Crippen LogP contribution in [0.3, 0.4) is 0 Å². The molecule has 15 heavy (non-hydrogen) atoms. The Labute approximate surface area is 100 Å². The third-order valence-electron chi connectivity index (χ3n) is 2.62. The molecule has 1 aliphatic rings. The molecule has 0 bridgehead atoms. The Kier molecular flexibility index (Phi) is 6.25. The summed E-state index contributed by atoms with van der Waals surface area (Å²) in [6.45, 7) is 2.87. The van der Waals surface area contributed by atoms with Crippen molar-refractivity contribution in [1.82, 2.24) is 5.32 Å². The van der Waals surface area contributed by atoms with Gasteiger partial charge in [0, 0.05) is 18.0 Å². The van der Waals surface area contributed by atoms with Gasteiger partial charge in [0.1, 0.15) is 0 Å². The first kappa shape index (κ1) is 13.0. The van der Waals surface area contributed by atoms with E-state index in [0.29, 0.717) is 6.42 Å². The summed E-state index contributed by atoms with van der Waals surface area (Å²) in [6, 6.07) is 0.274. The van der Waals surface area contributed by atoms with Crippen molar-refractivity contribution in [2.45, 2.75) is 51.2 Å². The number of carbonyl (C=O) groups is 1. The normalized spacial score (nSPS) is 22.7. The molecule has 1 N–H and O–H groups in total. The van der Waals surface area contributed by atoms with Gasteiger partial charge in [0.25, 0.3) is 0 Å². The van der Waals surface area contributed by atoms with Crippen molar-refractivity contribution in [3.05, 3.63) is 0 Å². The molecule has 0 radical (unpaired) electrons. The summed E-state index contributed by atoms with van der Waals surface area (Å²) in [5, 5.41) is 4.00. The van der Waals surface area contributed by atoms with E-state index in [1.54, 1.807) is 0 Å². The first-order valence-electron chi connectivity index (χ1n) is 5.69. The molecular formula is C11H20BrNO2. The van der Waals surface area contributed by atoms with E-state index in [-0.39, 0.29) is 18.1 Å². The highest BCUT2D eigenvalue weighted by Crippen LogP contribution is 2.15. The Morgan fingerprint density at radius 2 is 2.47 bits per heavy atom. The van der Waals surface area contributed by atoms with Crippen LogP contribution < -0.4 is 5.32 Å². The van der Waals surface area contributed by atoms with Crippen molar-refractivity contribution in [1.29, 1.82) is 0 Å². The van der Waals surface area contributed by atoms with Gasteiger partial charge in [-0.2, -0.15) is 0 Å². The zero-order chi connectivity index (χ0) is 11.1. The fourth-order valence-corrected chi connectivity index (χ4v) is 2.13. The van der Waals surface area contributed by atoms with Crippen LogP contribution in [-0.4, -0.2) is 30.0 Å². The fourth-order valence-electron chi connectivity index (χ4n) is 1.80. The number of ether oxygens (including phenoxy) is 1. The number of alkyl halides is 1. The van der Waals surface area contributed by atoms with Gasteiger partial charge >= 0.3 is 0 Å². The van der Waals surface area contributed by atoms with Crippen LogP contribution in [-0.2, 0) is 9.53 Å². The Morgan fingerprint density at radius 3 is 3.07 bits per heavy atom. The smallest absolute Gasteiger partial charge is 0.222 e. The van der Waals surface area contributed by atoms with Crippen LogP contribution in [0.25, 0.3) is 0 Å². The van der Waals surface area contributed by atoms with Gasteiger partial charge < -0.3 is 10.1 Å². The fraction of sp³-hybridized carbons (Fsp3) is 0.909. The minimum absolute atomic E-state index is 0.129. The second-order valence-electron chi connectivity index (χ2n) is 4.14. The van der Waals surface area contributed by atoms with Crippen LogP contribution in [0, 0.1) is 0 Å². The predicted octanol–water partition coefficient (Wildman–Crippen LogP) is 2.24. The summed E-state index contributed by atoms with van der Waals surface area (Å²) in [7, 11) is 0. The summed E-state index contributed by atoms with van der Waals surface area (Å²) >= 11 is 3.38. The third kappa shape index (κ3) is 5.52. The highest BCUT2D eigenvalue weighted by molar-refractivity contribution is 9.09. The standard InChI is InChI=1S/C11H20BrNO2/c1-9(4-2-6-12)13-11(14)8-10-5-3-7-15-10/h9-10H,2-8H2,1H3,(H,13,14). The van der Waals surface area contributed by atoms with Gasteiger partial charge in [0.15, 0.2) is 0 Å². The number of nitrogens with one attached hydrogen (secondary N) is 1. The van der Waals surface area contributed by atoms with Gasteiger partial charge in [0.05, 0.1) is 12.5 Å². The van der Waals surface area contributed by atoms with E-state index >= 15 is 0 Å². The average molecular weight is 278 g/mol. The Morgan fingerprint density at radius 1 is 1.67 bits per heavy atom. The zero-order valence-electron chi connectivity index (χ0n) is 9.30. The lowest BCUT2D eigenvalue weighted by Crippen LogP contribution is -2.34. The molecule has 1 rings (SSSR count). The van der Waals surface area contributed by atoms with Gasteiger partial charge in [-0.15, -0.1) is 0 Å². The van der Waals surface area contributed by atoms with Gasteiger partial charge in [-0.05, 0) is 32.6 Å². The molecule has 2 atom stereocenters. The molecule has 1 aliphatic heterocycles. The van der Waals surface area contributed by atoms with Gasteiger partial charge in [-0.3, -0.25) is 4.79 Å². The van der Waals surface area contributed by atoms with Crippen molar-refractivity contribution in [3.8, 4) is 0 Å². The second kappa shape index (κ2) is 7.23. The number of rotatable bonds is 6. The Balaban J connectivity index is 2.11. The molecule has 1 fully saturated rings. The maximum Gasteiger partial charge on any atom is 0.222 e. The van der Waals surface area contributed by atoms with E-state index in [0.717, 1.165) is 37.6 Å². The number of amides is 1. The first-order chi connectivity index (χ1) is 7.22. The lowest BCUT2D eigenvalue weighted by Gasteiger charge is -2.15. The van der Waals surface area contributed by atoms with Crippen molar-refractivity contribution >= 4 is 21.8 Å². The molecule has 2 unspecified atom stereocenters. The van der Waals surface area contributed by atoms with Crippen LogP contribution in [0.5, 0.6) is 0 Å². The maximum atomic E-state index is 11.6. The third-order valence-corrected chi connectivity index (χ3v) is 3.18.